The number of rotatable bonds is 5. The summed E-state index contributed by atoms with van der Waals surface area (Å²) in [4.78, 5) is 0. The number of hydrogen-bond acceptors (Lipinski definition) is 3. The molecule has 0 spiro atoms. The first-order valence-corrected chi connectivity index (χ1v) is 9.76. The third-order valence-electron chi connectivity index (χ3n) is 4.90. The Morgan fingerprint density at radius 2 is 1.62 bits per heavy atom. The van der Waals surface area contributed by atoms with E-state index in [2.05, 4.69) is 23.9 Å². The third-order valence-corrected chi connectivity index (χ3v) is 6.58. The molecule has 2 aliphatic rings. The lowest BCUT2D eigenvalue weighted by Crippen LogP contribution is -2.50. The lowest BCUT2D eigenvalue weighted by Gasteiger charge is -2.35. The van der Waals surface area contributed by atoms with Crippen LogP contribution in [0, 0.1) is 17.8 Å². The number of piperidine rings is 1. The Morgan fingerprint density at radius 3 is 2.14 bits per heavy atom. The predicted octanol–water partition coefficient (Wildman–Crippen LogP) is 1.58. The molecule has 6 heteroatoms. The molecular weight excluding hydrogens is 286 g/mol. The highest BCUT2D eigenvalue weighted by molar-refractivity contribution is 7.87. The third kappa shape index (κ3) is 4.91. The van der Waals surface area contributed by atoms with Gasteiger partial charge in [0.2, 0.25) is 0 Å². The van der Waals surface area contributed by atoms with Gasteiger partial charge in [-0.25, -0.2) is 0 Å². The van der Waals surface area contributed by atoms with Crippen molar-refractivity contribution in [2.24, 2.45) is 17.8 Å². The molecule has 1 saturated heterocycles. The van der Waals surface area contributed by atoms with Gasteiger partial charge in [0.1, 0.15) is 0 Å². The molecule has 124 valence electrons. The van der Waals surface area contributed by atoms with Crippen molar-refractivity contribution in [3.8, 4) is 0 Å². The zero-order chi connectivity index (χ0) is 15.5. The number of nitrogens with zero attached hydrogens (tertiary/aromatic N) is 1. The maximum atomic E-state index is 12.5. The molecule has 0 aromatic carbocycles. The molecule has 2 atom stereocenters. The van der Waals surface area contributed by atoms with Crippen LogP contribution >= 0.6 is 0 Å². The fraction of sp³-hybridized carbons (Fsp3) is 1.00. The Kier molecular flexibility index (Phi) is 6.05. The van der Waals surface area contributed by atoms with Crippen molar-refractivity contribution in [3.05, 3.63) is 0 Å². The van der Waals surface area contributed by atoms with E-state index < -0.39 is 10.2 Å². The fourth-order valence-electron chi connectivity index (χ4n) is 3.97. The molecular formula is C15H31N3O2S. The molecule has 0 aromatic rings. The van der Waals surface area contributed by atoms with Crippen molar-refractivity contribution in [1.82, 2.24) is 14.3 Å². The van der Waals surface area contributed by atoms with Crippen LogP contribution in [-0.2, 0) is 10.2 Å². The lowest BCUT2D eigenvalue weighted by molar-refractivity contribution is 0.242. The minimum Gasteiger partial charge on any atom is -0.319 e. The first-order valence-electron chi connectivity index (χ1n) is 8.32. The Balaban J connectivity index is 1.87. The van der Waals surface area contributed by atoms with Gasteiger partial charge in [-0.3, -0.25) is 0 Å². The molecule has 1 aliphatic carbocycles. The molecule has 2 fully saturated rings. The van der Waals surface area contributed by atoms with Crippen LogP contribution in [0.25, 0.3) is 0 Å². The van der Waals surface area contributed by atoms with Crippen molar-refractivity contribution in [2.45, 2.75) is 52.0 Å². The second-order valence-electron chi connectivity index (χ2n) is 7.14. The normalized spacial score (nSPS) is 33.2. The number of hydrogen-bond donors (Lipinski definition) is 2. The quantitative estimate of drug-likeness (QED) is 0.809. The largest absolute Gasteiger partial charge is 0.319 e. The van der Waals surface area contributed by atoms with Crippen LogP contribution in [0.5, 0.6) is 0 Å². The van der Waals surface area contributed by atoms with Crippen LogP contribution < -0.4 is 10.0 Å². The van der Waals surface area contributed by atoms with Crippen LogP contribution in [0.4, 0.5) is 0 Å². The van der Waals surface area contributed by atoms with Gasteiger partial charge in [0.15, 0.2) is 0 Å². The zero-order valence-corrected chi connectivity index (χ0v) is 14.5. The molecule has 2 unspecified atom stereocenters. The fourth-order valence-corrected chi connectivity index (χ4v) is 5.43. The molecule has 0 amide bonds. The monoisotopic (exact) mass is 317 g/mol. The Labute approximate surface area is 130 Å². The SMILES string of the molecule is CNCC1CCN(S(=O)(=O)NC2CC(C)CC(C)C2)CC1. The van der Waals surface area contributed by atoms with Crippen molar-refractivity contribution in [3.63, 3.8) is 0 Å². The summed E-state index contributed by atoms with van der Waals surface area (Å²) in [6.07, 6.45) is 5.08. The average molecular weight is 317 g/mol. The van der Waals surface area contributed by atoms with Crippen molar-refractivity contribution in [1.29, 1.82) is 0 Å². The number of nitrogens with one attached hydrogen (secondary N) is 2. The van der Waals surface area contributed by atoms with Crippen LogP contribution in [0.1, 0.15) is 46.0 Å². The minimum absolute atomic E-state index is 0.115. The van der Waals surface area contributed by atoms with Crippen molar-refractivity contribution >= 4 is 10.2 Å². The molecule has 5 nitrogen and oxygen atoms in total. The summed E-state index contributed by atoms with van der Waals surface area (Å²) in [5.74, 6) is 1.84. The highest BCUT2D eigenvalue weighted by Crippen LogP contribution is 2.29. The lowest BCUT2D eigenvalue weighted by atomic mass is 9.81. The summed E-state index contributed by atoms with van der Waals surface area (Å²) in [5, 5.41) is 3.18. The molecule has 0 bridgehead atoms. The molecule has 2 rings (SSSR count). The second-order valence-corrected chi connectivity index (χ2v) is 8.84. The topological polar surface area (TPSA) is 61.4 Å². The highest BCUT2D eigenvalue weighted by atomic mass is 32.2. The summed E-state index contributed by atoms with van der Waals surface area (Å²) >= 11 is 0. The van der Waals surface area contributed by atoms with Gasteiger partial charge in [-0.15, -0.1) is 0 Å². The molecule has 0 radical (unpaired) electrons. The van der Waals surface area contributed by atoms with E-state index >= 15 is 0 Å². The molecule has 1 saturated carbocycles. The summed E-state index contributed by atoms with van der Waals surface area (Å²) in [7, 11) is -1.35. The molecule has 21 heavy (non-hydrogen) atoms. The molecule has 1 heterocycles. The summed E-state index contributed by atoms with van der Waals surface area (Å²) < 4.78 is 29.7. The Bertz CT molecular complexity index is 409. The Morgan fingerprint density at radius 1 is 1.05 bits per heavy atom. The standard InChI is InChI=1S/C15H31N3O2S/c1-12-8-13(2)10-15(9-12)17-21(19,20)18-6-4-14(5-7-18)11-16-3/h12-17H,4-11H2,1-3H3. The first-order chi connectivity index (χ1) is 9.90. The first kappa shape index (κ1) is 17.2. The van der Waals surface area contributed by atoms with Gasteiger partial charge in [0, 0.05) is 19.1 Å². The average Bonchev–Trinajstić information content (AvgIpc) is 2.38. The van der Waals surface area contributed by atoms with Crippen LogP contribution in [0.2, 0.25) is 0 Å². The zero-order valence-electron chi connectivity index (χ0n) is 13.6. The van der Waals surface area contributed by atoms with Crippen molar-refractivity contribution < 1.29 is 8.42 Å². The van der Waals surface area contributed by atoms with E-state index in [4.69, 9.17) is 0 Å². The predicted molar refractivity (Wildman–Crippen MR) is 86.2 cm³/mol. The van der Waals surface area contributed by atoms with Crippen LogP contribution in [0.3, 0.4) is 0 Å². The van der Waals surface area contributed by atoms with Gasteiger partial charge in [0.25, 0.3) is 10.2 Å². The van der Waals surface area contributed by atoms with Gasteiger partial charge in [-0.2, -0.15) is 17.4 Å². The molecule has 2 N–H and O–H groups in total. The van der Waals surface area contributed by atoms with Gasteiger partial charge < -0.3 is 5.32 Å². The molecule has 0 aromatic heterocycles. The van der Waals surface area contributed by atoms with Gasteiger partial charge in [0.05, 0.1) is 0 Å². The summed E-state index contributed by atoms with van der Waals surface area (Å²) in [6, 6.07) is 0.115. The van der Waals surface area contributed by atoms with E-state index in [1.807, 2.05) is 7.05 Å². The van der Waals surface area contributed by atoms with Crippen LogP contribution in [-0.4, -0.2) is 45.4 Å². The highest BCUT2D eigenvalue weighted by Gasteiger charge is 2.32. The van der Waals surface area contributed by atoms with E-state index in [1.165, 1.54) is 6.42 Å². The summed E-state index contributed by atoms with van der Waals surface area (Å²) in [6.45, 7) is 6.73. The van der Waals surface area contributed by atoms with Crippen molar-refractivity contribution in [2.75, 3.05) is 26.7 Å². The van der Waals surface area contributed by atoms with Crippen LogP contribution in [0.15, 0.2) is 0 Å². The van der Waals surface area contributed by atoms with E-state index in [9.17, 15) is 8.42 Å². The smallest absolute Gasteiger partial charge is 0.279 e. The van der Waals surface area contributed by atoms with E-state index in [0.717, 1.165) is 32.2 Å². The second kappa shape index (κ2) is 7.40. The van der Waals surface area contributed by atoms with E-state index in [1.54, 1.807) is 4.31 Å². The van der Waals surface area contributed by atoms with E-state index in [0.29, 0.717) is 30.8 Å². The van der Waals surface area contributed by atoms with Gasteiger partial charge in [-0.1, -0.05) is 13.8 Å². The Hall–Kier alpha value is -0.170. The molecule has 1 aliphatic heterocycles. The van der Waals surface area contributed by atoms with E-state index in [-0.39, 0.29) is 6.04 Å². The maximum absolute atomic E-state index is 12.5. The minimum atomic E-state index is -3.31. The van der Waals surface area contributed by atoms with Gasteiger partial charge in [-0.05, 0) is 63.5 Å². The van der Waals surface area contributed by atoms with Gasteiger partial charge >= 0.3 is 0 Å². The summed E-state index contributed by atoms with van der Waals surface area (Å²) in [5.41, 5.74) is 0. The maximum Gasteiger partial charge on any atom is 0.279 e.